The van der Waals surface area contributed by atoms with Gasteiger partial charge in [0.15, 0.2) is 5.69 Å². The molecule has 0 saturated carbocycles. The van der Waals surface area contributed by atoms with Crippen molar-refractivity contribution < 1.29 is 9.90 Å². The van der Waals surface area contributed by atoms with Crippen molar-refractivity contribution in [1.82, 2.24) is 9.38 Å². The summed E-state index contributed by atoms with van der Waals surface area (Å²) in [6, 6.07) is 3.19. The Kier molecular flexibility index (Phi) is 3.04. The molecular weight excluding hydrogens is 242 g/mol. The van der Waals surface area contributed by atoms with Crippen LogP contribution in [0.3, 0.4) is 0 Å². The number of fused-ring (bicyclic) bond motifs is 1. The van der Waals surface area contributed by atoms with Gasteiger partial charge in [-0.25, -0.2) is 9.78 Å². The summed E-state index contributed by atoms with van der Waals surface area (Å²) in [4.78, 5) is 15.2. The van der Waals surface area contributed by atoms with Crippen LogP contribution in [0, 0.1) is 0 Å². The molecular formula is C11H12ClN3O2. The second-order valence-corrected chi connectivity index (χ2v) is 4.40. The minimum atomic E-state index is -1.07. The maximum atomic E-state index is 11.1. The molecule has 1 atom stereocenters. The fourth-order valence-corrected chi connectivity index (χ4v) is 1.87. The number of carboxylic acid groups (broad SMARTS) is 1. The van der Waals surface area contributed by atoms with E-state index >= 15 is 0 Å². The SMILES string of the molecule is CC(N)Cc1nc(C(=O)O)c2cc(Cl)ccn12. The number of rotatable bonds is 3. The number of carbonyl (C=O) groups is 1. The zero-order chi connectivity index (χ0) is 12.6. The van der Waals surface area contributed by atoms with E-state index in [1.807, 2.05) is 6.92 Å². The van der Waals surface area contributed by atoms with Crippen LogP contribution in [0.1, 0.15) is 23.2 Å². The lowest BCUT2D eigenvalue weighted by Gasteiger charge is -2.03. The highest BCUT2D eigenvalue weighted by Gasteiger charge is 2.17. The zero-order valence-electron chi connectivity index (χ0n) is 9.22. The van der Waals surface area contributed by atoms with E-state index in [4.69, 9.17) is 22.4 Å². The van der Waals surface area contributed by atoms with E-state index < -0.39 is 5.97 Å². The highest BCUT2D eigenvalue weighted by Crippen LogP contribution is 2.18. The number of aromatic carboxylic acids is 1. The number of hydrogen-bond donors (Lipinski definition) is 2. The molecule has 0 aromatic carbocycles. The van der Waals surface area contributed by atoms with Crippen LogP contribution in [0.15, 0.2) is 18.3 Å². The lowest BCUT2D eigenvalue weighted by atomic mass is 10.2. The van der Waals surface area contributed by atoms with Gasteiger partial charge in [0.25, 0.3) is 0 Å². The smallest absolute Gasteiger partial charge is 0.356 e. The molecule has 6 heteroatoms. The lowest BCUT2D eigenvalue weighted by molar-refractivity contribution is 0.0693. The number of nitrogens with zero attached hydrogens (tertiary/aromatic N) is 2. The molecule has 2 aromatic heterocycles. The summed E-state index contributed by atoms with van der Waals surface area (Å²) in [6.07, 6.45) is 2.21. The maximum Gasteiger partial charge on any atom is 0.356 e. The second-order valence-electron chi connectivity index (χ2n) is 3.96. The molecule has 0 fully saturated rings. The number of aromatic nitrogens is 2. The summed E-state index contributed by atoms with van der Waals surface area (Å²) in [7, 11) is 0. The third-order valence-electron chi connectivity index (χ3n) is 2.39. The van der Waals surface area contributed by atoms with E-state index in [9.17, 15) is 4.79 Å². The average Bonchev–Trinajstić information content (AvgIpc) is 2.55. The van der Waals surface area contributed by atoms with Crippen LogP contribution in [0.4, 0.5) is 0 Å². The molecule has 0 radical (unpaired) electrons. The summed E-state index contributed by atoms with van der Waals surface area (Å²) in [6.45, 7) is 1.84. The second kappa shape index (κ2) is 4.35. The van der Waals surface area contributed by atoms with Gasteiger partial charge < -0.3 is 15.2 Å². The highest BCUT2D eigenvalue weighted by molar-refractivity contribution is 6.31. The summed E-state index contributed by atoms with van der Waals surface area (Å²) >= 11 is 5.85. The van der Waals surface area contributed by atoms with Crippen molar-refractivity contribution in [3.8, 4) is 0 Å². The van der Waals surface area contributed by atoms with Crippen LogP contribution >= 0.6 is 11.6 Å². The molecule has 3 N–H and O–H groups in total. The fourth-order valence-electron chi connectivity index (χ4n) is 1.71. The van der Waals surface area contributed by atoms with Crippen LogP contribution < -0.4 is 5.73 Å². The largest absolute Gasteiger partial charge is 0.476 e. The summed E-state index contributed by atoms with van der Waals surface area (Å²) in [5.41, 5.74) is 6.19. The predicted octanol–water partition coefficient (Wildman–Crippen LogP) is 1.58. The first-order valence-electron chi connectivity index (χ1n) is 5.14. The van der Waals surface area contributed by atoms with Crippen molar-refractivity contribution in [1.29, 1.82) is 0 Å². The van der Waals surface area contributed by atoms with Crippen molar-refractivity contribution >= 4 is 23.1 Å². The molecule has 0 spiro atoms. The van der Waals surface area contributed by atoms with E-state index in [1.165, 1.54) is 0 Å². The molecule has 1 unspecified atom stereocenters. The number of nitrogens with two attached hydrogens (primary N) is 1. The molecule has 5 nitrogen and oxygen atoms in total. The molecule has 2 rings (SSSR count). The Morgan fingerprint density at radius 2 is 2.41 bits per heavy atom. The van der Waals surface area contributed by atoms with E-state index in [0.717, 1.165) is 0 Å². The first kappa shape index (κ1) is 11.9. The van der Waals surface area contributed by atoms with Crippen LogP contribution in [0.5, 0.6) is 0 Å². The van der Waals surface area contributed by atoms with E-state index in [0.29, 0.717) is 22.8 Å². The van der Waals surface area contributed by atoms with Gasteiger partial charge in [0.2, 0.25) is 0 Å². The van der Waals surface area contributed by atoms with Gasteiger partial charge in [-0.1, -0.05) is 11.6 Å². The Morgan fingerprint density at radius 3 is 3.00 bits per heavy atom. The van der Waals surface area contributed by atoms with Crippen molar-refractivity contribution in [2.75, 3.05) is 0 Å². The van der Waals surface area contributed by atoms with Crippen molar-refractivity contribution in [3.05, 3.63) is 34.9 Å². The normalized spacial score (nSPS) is 12.9. The Hall–Kier alpha value is -1.59. The molecule has 17 heavy (non-hydrogen) atoms. The average molecular weight is 254 g/mol. The number of hydrogen-bond acceptors (Lipinski definition) is 3. The topological polar surface area (TPSA) is 80.6 Å². The summed E-state index contributed by atoms with van der Waals surface area (Å²) in [5.74, 6) is -0.440. The Balaban J connectivity index is 2.66. The molecule has 2 aromatic rings. The van der Waals surface area contributed by atoms with Gasteiger partial charge in [-0.2, -0.15) is 0 Å². The van der Waals surface area contributed by atoms with Crippen LogP contribution in [-0.4, -0.2) is 26.5 Å². The number of imidazole rings is 1. The molecule has 0 bridgehead atoms. The van der Waals surface area contributed by atoms with Gasteiger partial charge in [0.05, 0.1) is 5.52 Å². The van der Waals surface area contributed by atoms with Gasteiger partial charge in [0.1, 0.15) is 5.82 Å². The first-order chi connectivity index (χ1) is 7.99. The van der Waals surface area contributed by atoms with Crippen molar-refractivity contribution in [2.24, 2.45) is 5.73 Å². The molecule has 90 valence electrons. The Morgan fingerprint density at radius 1 is 1.71 bits per heavy atom. The fraction of sp³-hybridized carbons (Fsp3) is 0.273. The number of halogens is 1. The number of pyridine rings is 1. The third kappa shape index (κ3) is 2.25. The molecule has 2 heterocycles. The van der Waals surface area contributed by atoms with Crippen LogP contribution in [-0.2, 0) is 6.42 Å². The van der Waals surface area contributed by atoms with Crippen molar-refractivity contribution in [2.45, 2.75) is 19.4 Å². The Bertz CT molecular complexity index is 577. The van der Waals surface area contributed by atoms with Crippen LogP contribution in [0.25, 0.3) is 5.52 Å². The highest BCUT2D eigenvalue weighted by atomic mass is 35.5. The minimum absolute atomic E-state index is 0.00292. The first-order valence-corrected chi connectivity index (χ1v) is 5.52. The maximum absolute atomic E-state index is 11.1. The monoisotopic (exact) mass is 253 g/mol. The van der Waals surface area contributed by atoms with E-state index in [-0.39, 0.29) is 11.7 Å². The molecule has 0 aliphatic carbocycles. The van der Waals surface area contributed by atoms with Gasteiger partial charge in [-0.3, -0.25) is 0 Å². The summed E-state index contributed by atoms with van der Waals surface area (Å²) in [5, 5.41) is 9.55. The lowest BCUT2D eigenvalue weighted by Crippen LogP contribution is -2.19. The van der Waals surface area contributed by atoms with E-state index in [2.05, 4.69) is 4.98 Å². The Labute approximate surface area is 103 Å². The van der Waals surface area contributed by atoms with Gasteiger partial charge in [-0.05, 0) is 19.1 Å². The van der Waals surface area contributed by atoms with Crippen molar-refractivity contribution in [3.63, 3.8) is 0 Å². The van der Waals surface area contributed by atoms with Gasteiger partial charge >= 0.3 is 5.97 Å². The predicted molar refractivity (Wildman–Crippen MR) is 64.5 cm³/mol. The minimum Gasteiger partial charge on any atom is -0.476 e. The van der Waals surface area contributed by atoms with Gasteiger partial charge in [-0.15, -0.1) is 0 Å². The third-order valence-corrected chi connectivity index (χ3v) is 2.62. The molecule has 0 aliphatic heterocycles. The summed E-state index contributed by atoms with van der Waals surface area (Å²) < 4.78 is 1.71. The van der Waals surface area contributed by atoms with Gasteiger partial charge in [0, 0.05) is 23.7 Å². The quantitative estimate of drug-likeness (QED) is 0.870. The van der Waals surface area contributed by atoms with E-state index in [1.54, 1.807) is 22.7 Å². The number of carboxylic acids is 1. The standard InChI is InChI=1S/C11H12ClN3O2/c1-6(13)4-9-14-10(11(16)17)8-5-7(12)2-3-15(8)9/h2-3,5-6H,4,13H2,1H3,(H,16,17). The molecule has 0 saturated heterocycles. The van der Waals surface area contributed by atoms with Crippen LogP contribution in [0.2, 0.25) is 5.02 Å². The molecule has 0 aliphatic rings. The molecule has 0 amide bonds. The zero-order valence-corrected chi connectivity index (χ0v) is 9.98.